The summed E-state index contributed by atoms with van der Waals surface area (Å²) in [6.07, 6.45) is 6.52. The molecule has 0 bridgehead atoms. The first-order valence-corrected chi connectivity index (χ1v) is 6.55. The molecule has 2 atom stereocenters. The molecule has 92 valence electrons. The highest BCUT2D eigenvalue weighted by Gasteiger charge is 2.30. The first-order chi connectivity index (χ1) is 7.57. The van der Waals surface area contributed by atoms with Crippen LogP contribution in [0.4, 0.5) is 0 Å². The van der Waals surface area contributed by atoms with Crippen LogP contribution >= 0.6 is 0 Å². The van der Waals surface area contributed by atoms with Gasteiger partial charge in [-0.2, -0.15) is 0 Å². The number of hydrogen-bond acceptors (Lipinski definition) is 3. The van der Waals surface area contributed by atoms with Gasteiger partial charge < -0.3 is 5.11 Å². The molecule has 3 nitrogen and oxygen atoms in total. The standard InChI is InChI=1S/C13H23NO2/c1-13(16)6-3-8-14(9-7-13)11-4-2-5-12(15)10-11/h11,16H,2-10H2,1H3. The van der Waals surface area contributed by atoms with E-state index in [0.29, 0.717) is 11.8 Å². The maximum absolute atomic E-state index is 11.5. The van der Waals surface area contributed by atoms with Gasteiger partial charge in [0.1, 0.15) is 5.78 Å². The van der Waals surface area contributed by atoms with Gasteiger partial charge in [-0.1, -0.05) is 0 Å². The second kappa shape index (κ2) is 4.84. The lowest BCUT2D eigenvalue weighted by Crippen LogP contribution is -2.40. The van der Waals surface area contributed by atoms with Crippen molar-refractivity contribution in [2.75, 3.05) is 13.1 Å². The molecular formula is C13H23NO2. The molecule has 1 heterocycles. The number of carbonyl (C=O) groups is 1. The van der Waals surface area contributed by atoms with Crippen LogP contribution in [-0.4, -0.2) is 40.5 Å². The summed E-state index contributed by atoms with van der Waals surface area (Å²) in [5.74, 6) is 0.423. The monoisotopic (exact) mass is 225 g/mol. The number of nitrogens with zero attached hydrogens (tertiary/aromatic N) is 1. The van der Waals surface area contributed by atoms with Crippen LogP contribution in [0.15, 0.2) is 0 Å². The normalized spacial score (nSPS) is 38.4. The van der Waals surface area contributed by atoms with Crippen molar-refractivity contribution in [3.05, 3.63) is 0 Å². The summed E-state index contributed by atoms with van der Waals surface area (Å²) in [6.45, 7) is 3.93. The summed E-state index contributed by atoms with van der Waals surface area (Å²) < 4.78 is 0. The van der Waals surface area contributed by atoms with Crippen LogP contribution in [0.1, 0.15) is 51.9 Å². The Morgan fingerprint density at radius 2 is 2.12 bits per heavy atom. The fraction of sp³-hybridized carbons (Fsp3) is 0.923. The zero-order valence-electron chi connectivity index (χ0n) is 10.2. The van der Waals surface area contributed by atoms with E-state index in [9.17, 15) is 9.90 Å². The lowest BCUT2D eigenvalue weighted by Gasteiger charge is -2.33. The quantitative estimate of drug-likeness (QED) is 0.739. The second-order valence-corrected chi connectivity index (χ2v) is 5.68. The molecule has 3 heteroatoms. The van der Waals surface area contributed by atoms with Crippen molar-refractivity contribution >= 4 is 5.78 Å². The van der Waals surface area contributed by atoms with Crippen molar-refractivity contribution < 1.29 is 9.90 Å². The summed E-state index contributed by atoms with van der Waals surface area (Å²) in [5, 5.41) is 10.0. The van der Waals surface area contributed by atoms with Crippen LogP contribution in [0.3, 0.4) is 0 Å². The molecule has 1 aliphatic heterocycles. The fourth-order valence-electron chi connectivity index (χ4n) is 2.96. The van der Waals surface area contributed by atoms with Crippen LogP contribution < -0.4 is 0 Å². The largest absolute Gasteiger partial charge is 0.390 e. The molecule has 16 heavy (non-hydrogen) atoms. The maximum atomic E-state index is 11.5. The summed E-state index contributed by atoms with van der Waals surface area (Å²) in [4.78, 5) is 13.9. The van der Waals surface area contributed by atoms with Crippen molar-refractivity contribution in [1.82, 2.24) is 4.90 Å². The molecule has 1 N–H and O–H groups in total. The third-order valence-corrected chi connectivity index (χ3v) is 4.07. The molecule has 0 radical (unpaired) electrons. The van der Waals surface area contributed by atoms with E-state index in [1.165, 1.54) is 0 Å². The Balaban J connectivity index is 1.91. The number of Topliss-reactive ketones (excluding diaryl/α,β-unsaturated/α-hetero) is 1. The zero-order valence-corrected chi connectivity index (χ0v) is 10.2. The van der Waals surface area contributed by atoms with Crippen molar-refractivity contribution in [3.8, 4) is 0 Å². The van der Waals surface area contributed by atoms with Crippen molar-refractivity contribution in [3.63, 3.8) is 0 Å². The van der Waals surface area contributed by atoms with Gasteiger partial charge in [-0.3, -0.25) is 9.69 Å². The van der Waals surface area contributed by atoms with Crippen LogP contribution in [0.5, 0.6) is 0 Å². The minimum atomic E-state index is -0.493. The smallest absolute Gasteiger partial charge is 0.134 e. The first-order valence-electron chi connectivity index (χ1n) is 6.55. The molecule has 2 unspecified atom stereocenters. The van der Waals surface area contributed by atoms with E-state index in [1.807, 2.05) is 6.92 Å². The molecular weight excluding hydrogens is 202 g/mol. The van der Waals surface area contributed by atoms with Crippen molar-refractivity contribution in [2.45, 2.75) is 63.5 Å². The van der Waals surface area contributed by atoms with E-state index in [2.05, 4.69) is 4.90 Å². The van der Waals surface area contributed by atoms with Crippen LogP contribution in [0, 0.1) is 0 Å². The van der Waals surface area contributed by atoms with Gasteiger partial charge in [-0.05, 0) is 45.6 Å². The second-order valence-electron chi connectivity index (χ2n) is 5.68. The van der Waals surface area contributed by atoms with Crippen LogP contribution in [-0.2, 0) is 4.79 Å². The molecule has 1 aliphatic carbocycles. The molecule has 1 saturated heterocycles. The molecule has 0 spiro atoms. The highest BCUT2D eigenvalue weighted by molar-refractivity contribution is 5.79. The van der Waals surface area contributed by atoms with Gasteiger partial charge >= 0.3 is 0 Å². The van der Waals surface area contributed by atoms with Gasteiger partial charge in [0.2, 0.25) is 0 Å². The van der Waals surface area contributed by atoms with Crippen molar-refractivity contribution in [2.24, 2.45) is 0 Å². The Kier molecular flexibility index (Phi) is 3.65. The Bertz CT molecular complexity index is 263. The number of aliphatic hydroxyl groups is 1. The third kappa shape index (κ3) is 3.05. The predicted octanol–water partition coefficient (Wildman–Crippen LogP) is 1.74. The number of hydrogen-bond donors (Lipinski definition) is 1. The van der Waals surface area contributed by atoms with Crippen LogP contribution in [0.25, 0.3) is 0 Å². The topological polar surface area (TPSA) is 40.5 Å². The van der Waals surface area contributed by atoms with Crippen molar-refractivity contribution in [1.29, 1.82) is 0 Å². The minimum Gasteiger partial charge on any atom is -0.390 e. The van der Waals surface area contributed by atoms with E-state index in [1.54, 1.807) is 0 Å². The molecule has 0 amide bonds. The third-order valence-electron chi connectivity index (χ3n) is 4.07. The Labute approximate surface area is 97.8 Å². The van der Waals surface area contributed by atoms with Crippen LogP contribution in [0.2, 0.25) is 0 Å². The average molecular weight is 225 g/mol. The fourth-order valence-corrected chi connectivity index (χ4v) is 2.96. The minimum absolute atomic E-state index is 0.423. The summed E-state index contributed by atoms with van der Waals surface area (Å²) in [7, 11) is 0. The van der Waals surface area contributed by atoms with E-state index >= 15 is 0 Å². The summed E-state index contributed by atoms with van der Waals surface area (Å²) >= 11 is 0. The van der Waals surface area contributed by atoms with Gasteiger partial charge in [-0.25, -0.2) is 0 Å². The molecule has 0 aromatic carbocycles. The lowest BCUT2D eigenvalue weighted by atomic mass is 9.93. The molecule has 2 aliphatic rings. The molecule has 1 saturated carbocycles. The van der Waals surface area contributed by atoms with E-state index in [4.69, 9.17) is 0 Å². The average Bonchev–Trinajstić information content (AvgIpc) is 2.39. The highest BCUT2D eigenvalue weighted by Crippen LogP contribution is 2.26. The zero-order chi connectivity index (χ0) is 11.6. The number of likely N-dealkylation sites (tertiary alicyclic amines) is 1. The Morgan fingerprint density at radius 1 is 1.31 bits per heavy atom. The Hall–Kier alpha value is -0.410. The van der Waals surface area contributed by atoms with Gasteiger partial charge in [0.25, 0.3) is 0 Å². The van der Waals surface area contributed by atoms with E-state index < -0.39 is 5.60 Å². The van der Waals surface area contributed by atoms with Gasteiger partial charge in [0.15, 0.2) is 0 Å². The predicted molar refractivity (Wildman–Crippen MR) is 63.3 cm³/mol. The Morgan fingerprint density at radius 3 is 2.88 bits per heavy atom. The number of carbonyl (C=O) groups excluding carboxylic acids is 1. The van der Waals surface area contributed by atoms with Gasteiger partial charge in [0.05, 0.1) is 5.60 Å². The first kappa shape index (κ1) is 12.1. The van der Waals surface area contributed by atoms with Gasteiger partial charge in [-0.15, -0.1) is 0 Å². The summed E-state index contributed by atoms with van der Waals surface area (Å²) in [5.41, 5.74) is -0.493. The SMILES string of the molecule is CC1(O)CCCN(C2CCCC(=O)C2)CC1. The number of rotatable bonds is 1. The molecule has 2 fully saturated rings. The number of ketones is 1. The lowest BCUT2D eigenvalue weighted by molar-refractivity contribution is -0.122. The van der Waals surface area contributed by atoms with Gasteiger partial charge in [0, 0.05) is 25.4 Å². The molecule has 2 rings (SSSR count). The highest BCUT2D eigenvalue weighted by atomic mass is 16.3. The van der Waals surface area contributed by atoms with E-state index in [-0.39, 0.29) is 0 Å². The maximum Gasteiger partial charge on any atom is 0.134 e. The molecule has 0 aromatic heterocycles. The van der Waals surface area contributed by atoms with E-state index in [0.717, 1.165) is 58.0 Å². The molecule has 0 aromatic rings. The summed E-state index contributed by atoms with van der Waals surface area (Å²) in [6, 6.07) is 0.454.